The van der Waals surface area contributed by atoms with Gasteiger partial charge in [-0.2, -0.15) is 0 Å². The Labute approximate surface area is 342 Å². The number of benzene rings is 1. The molecule has 3 fully saturated rings. The van der Waals surface area contributed by atoms with Gasteiger partial charge in [0, 0.05) is 65.8 Å². The number of fused-ring (bicyclic) bond motifs is 11. The lowest BCUT2D eigenvalue weighted by Crippen LogP contribution is -2.62. The molecule has 2 N–H and O–H groups in total. The predicted octanol–water partition coefficient (Wildman–Crippen LogP) is 7.90. The Morgan fingerprint density at radius 3 is 2.45 bits per heavy atom. The number of nitrogens with zero attached hydrogens (tertiary/aromatic N) is 4. The molecule has 0 radical (unpaired) electrons. The van der Waals surface area contributed by atoms with Crippen LogP contribution in [0, 0.1) is 28.6 Å². The van der Waals surface area contributed by atoms with Crippen LogP contribution in [-0.4, -0.2) is 79.8 Å². The molecule has 2 saturated carbocycles. The van der Waals surface area contributed by atoms with Gasteiger partial charge in [-0.1, -0.05) is 45.1 Å². The highest BCUT2D eigenvalue weighted by Gasteiger charge is 2.68. The fraction of sp³-hybridized carbons (Fsp3) is 0.571. The number of ether oxygens (including phenoxy) is 1. The van der Waals surface area contributed by atoms with Gasteiger partial charge in [-0.05, 0) is 131 Å². The normalized spacial score (nSPS) is 36.7. The second kappa shape index (κ2) is 12.3. The number of Topliss-reactive ketones (excluding diaryl/α,β-unsaturated/α-hetero) is 1. The fourth-order valence-corrected chi connectivity index (χ4v) is 14.2. The summed E-state index contributed by atoms with van der Waals surface area (Å²) in [6, 6.07) is 7.68. The number of aromatic nitrogens is 2. The summed E-state index contributed by atoms with van der Waals surface area (Å²) in [6.45, 7) is 24.5. The molecule has 3 aromatic rings. The molecule has 1 amide bonds. The summed E-state index contributed by atoms with van der Waals surface area (Å²) in [5.74, 6) is 1.15. The Morgan fingerprint density at radius 1 is 1.02 bits per heavy atom. The van der Waals surface area contributed by atoms with Crippen LogP contribution in [0.2, 0.25) is 0 Å². The van der Waals surface area contributed by atoms with Crippen molar-refractivity contribution in [2.45, 2.75) is 122 Å². The smallest absolute Gasteiger partial charge is 0.246 e. The van der Waals surface area contributed by atoms with E-state index in [1.165, 1.54) is 11.3 Å². The first-order valence-corrected chi connectivity index (χ1v) is 21.7. The maximum Gasteiger partial charge on any atom is 0.246 e. The Kier molecular flexibility index (Phi) is 8.07. The van der Waals surface area contributed by atoms with Crippen LogP contribution in [0.1, 0.15) is 126 Å². The van der Waals surface area contributed by atoms with Crippen LogP contribution in [-0.2, 0) is 21.4 Å². The van der Waals surface area contributed by atoms with Crippen molar-refractivity contribution < 1.29 is 24.5 Å². The zero-order valence-electron chi connectivity index (χ0n) is 35.6. The number of allylic oxidation sites excluding steroid dienone is 1. The molecule has 7 aliphatic rings. The number of aliphatic hydroxyl groups is 2. The van der Waals surface area contributed by atoms with Gasteiger partial charge in [0.2, 0.25) is 5.91 Å². The minimum absolute atomic E-state index is 0.00493. The van der Waals surface area contributed by atoms with Crippen molar-refractivity contribution in [3.63, 3.8) is 0 Å². The number of aliphatic hydroxyl groups excluding tert-OH is 2. The van der Waals surface area contributed by atoms with Crippen LogP contribution in [0.3, 0.4) is 0 Å². The number of amides is 1. The third kappa shape index (κ3) is 4.84. The van der Waals surface area contributed by atoms with Crippen molar-refractivity contribution in [3.05, 3.63) is 88.8 Å². The van der Waals surface area contributed by atoms with Crippen molar-refractivity contribution in [2.24, 2.45) is 28.6 Å². The molecule has 5 heterocycles. The van der Waals surface area contributed by atoms with E-state index in [-0.39, 0.29) is 34.4 Å². The van der Waals surface area contributed by atoms with E-state index in [0.717, 1.165) is 77.8 Å². The molecule has 10 rings (SSSR count). The molecule has 9 atom stereocenters. The van der Waals surface area contributed by atoms with E-state index in [9.17, 15) is 19.8 Å². The van der Waals surface area contributed by atoms with E-state index in [1.807, 2.05) is 30.0 Å². The molecule has 1 aromatic carbocycles. The van der Waals surface area contributed by atoms with Gasteiger partial charge < -0.3 is 29.3 Å². The summed E-state index contributed by atoms with van der Waals surface area (Å²) < 4.78 is 8.92. The Hall–Kier alpha value is -4.05. The molecule has 3 aliphatic heterocycles. The molecule has 9 heteroatoms. The fourth-order valence-electron chi connectivity index (χ4n) is 14.2. The molecule has 58 heavy (non-hydrogen) atoms. The van der Waals surface area contributed by atoms with Crippen LogP contribution >= 0.6 is 0 Å². The van der Waals surface area contributed by atoms with Gasteiger partial charge in [0.25, 0.3) is 0 Å². The highest BCUT2D eigenvalue weighted by molar-refractivity contribution is 6.18. The summed E-state index contributed by atoms with van der Waals surface area (Å²) in [7, 11) is 0. The number of ketones is 1. The first kappa shape index (κ1) is 38.2. The van der Waals surface area contributed by atoms with Crippen LogP contribution < -0.4 is 4.90 Å². The monoisotopic (exact) mass is 784 g/mol. The lowest BCUT2D eigenvalue weighted by molar-refractivity contribution is -0.145. The van der Waals surface area contributed by atoms with E-state index >= 15 is 0 Å². The SMILES string of the molecule is C=C(C)[C@H]1C(=O)c2c3c(cc4c5c(n1c24)[C@@]1(C)C(CC[C@H]2[C@](C)(/C=C/C(=O)N4CCN(c6ccccn6)CC4)[C@@H](O)CC[C@@]21C)C5)C1=CC(C)(C)OC(C)(C)C1[C@@H]3O. The first-order chi connectivity index (χ1) is 27.3. The van der Waals surface area contributed by atoms with Gasteiger partial charge in [0.1, 0.15) is 11.9 Å². The summed E-state index contributed by atoms with van der Waals surface area (Å²) in [4.78, 5) is 37.5. The summed E-state index contributed by atoms with van der Waals surface area (Å²) in [6.07, 6.45) is 10.7. The lowest BCUT2D eigenvalue weighted by atomic mass is 9.40. The third-order valence-electron chi connectivity index (χ3n) is 16.8. The van der Waals surface area contributed by atoms with Gasteiger partial charge in [-0.15, -0.1) is 0 Å². The molecule has 2 aromatic heterocycles. The molecule has 0 spiro atoms. The average molecular weight is 785 g/mol. The quantitative estimate of drug-likeness (QED) is 0.205. The van der Waals surface area contributed by atoms with Crippen LogP contribution in [0.4, 0.5) is 5.82 Å². The zero-order valence-corrected chi connectivity index (χ0v) is 35.6. The van der Waals surface area contributed by atoms with E-state index in [0.29, 0.717) is 31.0 Å². The largest absolute Gasteiger partial charge is 0.392 e. The van der Waals surface area contributed by atoms with Crippen molar-refractivity contribution in [2.75, 3.05) is 31.1 Å². The Bertz CT molecular complexity index is 2370. The zero-order chi connectivity index (χ0) is 41.1. The van der Waals surface area contributed by atoms with E-state index in [2.05, 4.69) is 87.7 Å². The molecule has 0 bridgehead atoms. The number of pyridine rings is 1. The number of anilines is 1. The highest BCUT2D eigenvalue weighted by atomic mass is 16.5. The maximum atomic E-state index is 15.0. The van der Waals surface area contributed by atoms with Gasteiger partial charge in [-0.25, -0.2) is 4.98 Å². The van der Waals surface area contributed by atoms with Crippen LogP contribution in [0.5, 0.6) is 0 Å². The lowest BCUT2D eigenvalue weighted by Gasteiger charge is -2.64. The van der Waals surface area contributed by atoms with Crippen LogP contribution in [0.25, 0.3) is 16.5 Å². The highest BCUT2D eigenvalue weighted by Crippen LogP contribution is 2.71. The predicted molar refractivity (Wildman–Crippen MR) is 227 cm³/mol. The number of carbonyl (C=O) groups is 2. The second-order valence-corrected chi connectivity index (χ2v) is 20.7. The molecule has 2 unspecified atom stereocenters. The first-order valence-electron chi connectivity index (χ1n) is 21.7. The van der Waals surface area contributed by atoms with Crippen molar-refractivity contribution in [1.82, 2.24) is 14.5 Å². The summed E-state index contributed by atoms with van der Waals surface area (Å²) in [5, 5.41) is 25.3. The van der Waals surface area contributed by atoms with Crippen LogP contribution in [0.15, 0.2) is 60.8 Å². The number of piperazine rings is 1. The molecule has 1 saturated heterocycles. The molecule has 306 valence electrons. The van der Waals surface area contributed by atoms with Gasteiger partial charge in [-0.3, -0.25) is 9.59 Å². The standard InChI is InChI=1S/C49H60N4O5/c1-27(2)40-43(57)38-37-29(32-26-45(3,4)58-46(5,6)39(32)42(37)56)25-30-31-24-28-13-14-33-47(7,34(54)15-18-48(33,8)49(28,9)44(31)53(40)41(30)38)17-16-36(55)52-22-20-51(21-23-52)35-12-10-11-19-50-35/h10-12,16-17,19,25-26,28,33-34,39-40,42,54,56H,1,13-15,18,20-24H2,2-9H3/b17-16+/t28?,33-,34-,39?,40-,42+,47-,48-,49+/m0/s1. The summed E-state index contributed by atoms with van der Waals surface area (Å²) >= 11 is 0. The number of rotatable bonds is 4. The van der Waals surface area contributed by atoms with Gasteiger partial charge in [0.05, 0.1) is 34.5 Å². The van der Waals surface area contributed by atoms with Crippen molar-refractivity contribution in [3.8, 4) is 0 Å². The molecule has 9 nitrogen and oxygen atoms in total. The van der Waals surface area contributed by atoms with Gasteiger partial charge in [0.15, 0.2) is 5.78 Å². The van der Waals surface area contributed by atoms with E-state index in [1.54, 1.807) is 12.3 Å². The minimum Gasteiger partial charge on any atom is -0.392 e. The minimum atomic E-state index is -0.863. The molecule has 4 aliphatic carbocycles. The van der Waals surface area contributed by atoms with E-state index in [4.69, 9.17) is 4.74 Å². The van der Waals surface area contributed by atoms with Crippen molar-refractivity contribution >= 4 is 34.0 Å². The van der Waals surface area contributed by atoms with Gasteiger partial charge >= 0.3 is 0 Å². The average Bonchev–Trinajstić information content (AvgIpc) is 3.85. The maximum absolute atomic E-state index is 15.0. The van der Waals surface area contributed by atoms with Crippen molar-refractivity contribution in [1.29, 1.82) is 0 Å². The Balaban J connectivity index is 1.05. The Morgan fingerprint density at radius 2 is 1.76 bits per heavy atom. The van der Waals surface area contributed by atoms with E-state index < -0.39 is 34.9 Å². The molecular formula is C49H60N4O5. The number of hydrogen-bond acceptors (Lipinski definition) is 7. The third-order valence-corrected chi connectivity index (χ3v) is 16.8. The summed E-state index contributed by atoms with van der Waals surface area (Å²) in [5.41, 5.74) is 5.51. The molecular weight excluding hydrogens is 725 g/mol. The number of hydrogen-bond donors (Lipinski definition) is 2. The topological polar surface area (TPSA) is 108 Å². The number of carbonyl (C=O) groups excluding carboxylic acids is 2. The second-order valence-electron chi connectivity index (χ2n) is 20.7.